The minimum atomic E-state index is 0.258. The molecule has 0 bridgehead atoms. The molecule has 2 aliphatic rings. The van der Waals surface area contributed by atoms with Gasteiger partial charge < -0.3 is 15.5 Å². The second-order valence-corrected chi connectivity index (χ2v) is 6.13. The third kappa shape index (κ3) is 3.23. The molecule has 2 N–H and O–H groups in total. The van der Waals surface area contributed by atoms with Gasteiger partial charge in [-0.3, -0.25) is 4.79 Å². The molecular weight excluding hydrogens is 226 g/mol. The van der Waals surface area contributed by atoms with Gasteiger partial charge in [-0.25, -0.2) is 0 Å². The van der Waals surface area contributed by atoms with Crippen molar-refractivity contribution >= 4 is 5.91 Å². The summed E-state index contributed by atoms with van der Waals surface area (Å²) in [5, 5.41) is 0. The lowest BCUT2D eigenvalue weighted by Crippen LogP contribution is -2.45. The quantitative estimate of drug-likeness (QED) is 0.818. The van der Waals surface area contributed by atoms with E-state index < -0.39 is 0 Å². The number of amides is 1. The lowest BCUT2D eigenvalue weighted by atomic mass is 9.98. The van der Waals surface area contributed by atoms with Crippen LogP contribution in [0.25, 0.3) is 0 Å². The fourth-order valence-electron chi connectivity index (χ4n) is 3.30. The molecule has 0 aromatic carbocycles. The fraction of sp³-hybridized carbons (Fsp3) is 0.929. The van der Waals surface area contributed by atoms with Gasteiger partial charge in [-0.05, 0) is 45.7 Å². The SMILES string of the molecule is CN(C)C1CCN(C(=O)C[C@@H]2CCC[C@H]2N)CC1. The summed E-state index contributed by atoms with van der Waals surface area (Å²) in [5.41, 5.74) is 6.04. The minimum absolute atomic E-state index is 0.258. The molecule has 0 radical (unpaired) electrons. The topological polar surface area (TPSA) is 49.6 Å². The Morgan fingerprint density at radius 1 is 1.22 bits per heavy atom. The first-order valence-corrected chi connectivity index (χ1v) is 7.27. The summed E-state index contributed by atoms with van der Waals surface area (Å²) in [6.45, 7) is 1.84. The lowest BCUT2D eigenvalue weighted by molar-refractivity contribution is -0.133. The van der Waals surface area contributed by atoms with E-state index in [4.69, 9.17) is 5.73 Å². The summed E-state index contributed by atoms with van der Waals surface area (Å²) in [7, 11) is 4.25. The smallest absolute Gasteiger partial charge is 0.222 e. The molecule has 2 atom stereocenters. The average molecular weight is 253 g/mol. The van der Waals surface area contributed by atoms with Crippen LogP contribution in [0.2, 0.25) is 0 Å². The van der Waals surface area contributed by atoms with E-state index in [2.05, 4.69) is 19.0 Å². The van der Waals surface area contributed by atoms with Gasteiger partial charge in [0.05, 0.1) is 0 Å². The van der Waals surface area contributed by atoms with Crippen molar-refractivity contribution in [2.24, 2.45) is 11.7 Å². The molecule has 4 heteroatoms. The molecule has 104 valence electrons. The molecule has 0 spiro atoms. The predicted molar refractivity (Wildman–Crippen MR) is 73.2 cm³/mol. The van der Waals surface area contributed by atoms with Crippen molar-refractivity contribution in [3.8, 4) is 0 Å². The predicted octanol–water partition coefficient (Wildman–Crippen LogP) is 1.06. The summed E-state index contributed by atoms with van der Waals surface area (Å²) in [4.78, 5) is 16.6. The van der Waals surface area contributed by atoms with E-state index in [0.29, 0.717) is 24.3 Å². The first-order chi connectivity index (χ1) is 8.58. The van der Waals surface area contributed by atoms with Crippen LogP contribution in [0.3, 0.4) is 0 Å². The highest BCUT2D eigenvalue weighted by Gasteiger charge is 2.29. The van der Waals surface area contributed by atoms with E-state index in [0.717, 1.165) is 38.8 Å². The van der Waals surface area contributed by atoms with Gasteiger partial charge in [0.15, 0.2) is 0 Å². The lowest BCUT2D eigenvalue weighted by Gasteiger charge is -2.35. The molecule has 1 amide bonds. The third-order valence-electron chi connectivity index (χ3n) is 4.70. The Morgan fingerprint density at radius 3 is 2.39 bits per heavy atom. The van der Waals surface area contributed by atoms with Crippen molar-refractivity contribution < 1.29 is 4.79 Å². The molecule has 1 heterocycles. The maximum atomic E-state index is 12.2. The molecule has 0 aromatic rings. The van der Waals surface area contributed by atoms with Gasteiger partial charge in [0.1, 0.15) is 0 Å². The highest BCUT2D eigenvalue weighted by molar-refractivity contribution is 5.76. The van der Waals surface area contributed by atoms with E-state index in [-0.39, 0.29) is 6.04 Å². The Bertz CT molecular complexity index is 285. The van der Waals surface area contributed by atoms with Gasteiger partial charge >= 0.3 is 0 Å². The third-order valence-corrected chi connectivity index (χ3v) is 4.70. The van der Waals surface area contributed by atoms with Gasteiger partial charge in [0, 0.05) is 31.6 Å². The number of hydrogen-bond acceptors (Lipinski definition) is 3. The summed E-state index contributed by atoms with van der Waals surface area (Å²) < 4.78 is 0. The van der Waals surface area contributed by atoms with Crippen LogP contribution in [-0.2, 0) is 4.79 Å². The van der Waals surface area contributed by atoms with Crippen LogP contribution in [0.1, 0.15) is 38.5 Å². The molecule has 0 aromatic heterocycles. The number of carbonyl (C=O) groups excluding carboxylic acids is 1. The average Bonchev–Trinajstić information content (AvgIpc) is 2.75. The van der Waals surface area contributed by atoms with Crippen molar-refractivity contribution in [3.05, 3.63) is 0 Å². The van der Waals surface area contributed by atoms with Crippen LogP contribution >= 0.6 is 0 Å². The molecule has 18 heavy (non-hydrogen) atoms. The molecule has 1 aliphatic carbocycles. The Labute approximate surface area is 110 Å². The van der Waals surface area contributed by atoms with Gasteiger partial charge in [-0.2, -0.15) is 0 Å². The first-order valence-electron chi connectivity index (χ1n) is 7.27. The zero-order valence-electron chi connectivity index (χ0n) is 11.8. The van der Waals surface area contributed by atoms with Crippen LogP contribution in [0, 0.1) is 5.92 Å². The van der Waals surface area contributed by atoms with E-state index in [1.165, 1.54) is 6.42 Å². The number of nitrogens with zero attached hydrogens (tertiary/aromatic N) is 2. The maximum absolute atomic E-state index is 12.2. The van der Waals surface area contributed by atoms with Crippen molar-refractivity contribution in [1.29, 1.82) is 0 Å². The van der Waals surface area contributed by atoms with E-state index >= 15 is 0 Å². The van der Waals surface area contributed by atoms with Gasteiger partial charge in [0.2, 0.25) is 5.91 Å². The summed E-state index contributed by atoms with van der Waals surface area (Å²) in [6.07, 6.45) is 6.32. The van der Waals surface area contributed by atoms with Crippen molar-refractivity contribution in [2.75, 3.05) is 27.2 Å². The Morgan fingerprint density at radius 2 is 1.89 bits per heavy atom. The van der Waals surface area contributed by atoms with Crippen LogP contribution < -0.4 is 5.73 Å². The highest BCUT2D eigenvalue weighted by atomic mass is 16.2. The summed E-state index contributed by atoms with van der Waals surface area (Å²) in [5.74, 6) is 0.763. The van der Waals surface area contributed by atoms with Crippen molar-refractivity contribution in [3.63, 3.8) is 0 Å². The highest BCUT2D eigenvalue weighted by Crippen LogP contribution is 2.28. The fourth-order valence-corrected chi connectivity index (χ4v) is 3.30. The molecule has 4 nitrogen and oxygen atoms in total. The van der Waals surface area contributed by atoms with Crippen LogP contribution in [0.15, 0.2) is 0 Å². The number of rotatable bonds is 3. The second-order valence-electron chi connectivity index (χ2n) is 6.13. The Hall–Kier alpha value is -0.610. The zero-order chi connectivity index (χ0) is 13.1. The molecule has 1 aliphatic heterocycles. The van der Waals surface area contributed by atoms with Crippen molar-refractivity contribution in [1.82, 2.24) is 9.80 Å². The van der Waals surface area contributed by atoms with Gasteiger partial charge in [0.25, 0.3) is 0 Å². The van der Waals surface area contributed by atoms with Gasteiger partial charge in [-0.15, -0.1) is 0 Å². The van der Waals surface area contributed by atoms with Crippen LogP contribution in [0.4, 0.5) is 0 Å². The Kier molecular flexibility index (Phi) is 4.62. The van der Waals surface area contributed by atoms with Crippen molar-refractivity contribution in [2.45, 2.75) is 50.6 Å². The Balaban J connectivity index is 1.77. The van der Waals surface area contributed by atoms with Gasteiger partial charge in [-0.1, -0.05) is 6.42 Å². The standard InChI is InChI=1S/C14H27N3O/c1-16(2)12-6-8-17(9-7-12)14(18)10-11-4-3-5-13(11)15/h11-13H,3-10,15H2,1-2H3/t11-,13+/m0/s1. The zero-order valence-corrected chi connectivity index (χ0v) is 11.8. The number of carbonyl (C=O) groups is 1. The minimum Gasteiger partial charge on any atom is -0.343 e. The second kappa shape index (κ2) is 6.02. The molecule has 2 fully saturated rings. The normalized spacial score (nSPS) is 30.1. The van der Waals surface area contributed by atoms with E-state index in [9.17, 15) is 4.79 Å². The summed E-state index contributed by atoms with van der Waals surface area (Å²) in [6, 6.07) is 0.899. The number of nitrogens with two attached hydrogens (primary N) is 1. The molecule has 0 unspecified atom stereocenters. The number of likely N-dealkylation sites (tertiary alicyclic amines) is 1. The molecule has 2 rings (SSSR count). The maximum Gasteiger partial charge on any atom is 0.222 e. The number of piperidine rings is 1. The van der Waals surface area contributed by atoms with E-state index in [1.54, 1.807) is 0 Å². The van der Waals surface area contributed by atoms with Crippen LogP contribution in [0.5, 0.6) is 0 Å². The molecule has 1 saturated carbocycles. The summed E-state index contributed by atoms with van der Waals surface area (Å²) >= 11 is 0. The molecule has 1 saturated heterocycles. The largest absolute Gasteiger partial charge is 0.343 e. The van der Waals surface area contributed by atoms with Crippen LogP contribution in [-0.4, -0.2) is 55.0 Å². The molecular formula is C14H27N3O. The number of hydrogen-bond donors (Lipinski definition) is 1. The monoisotopic (exact) mass is 253 g/mol. The first kappa shape index (κ1) is 13.8. The van der Waals surface area contributed by atoms with E-state index in [1.807, 2.05) is 4.90 Å².